The first-order chi connectivity index (χ1) is 6.77. The molecule has 0 saturated carbocycles. The maximum atomic E-state index is 11.7. The average molecular weight is 200 g/mol. The normalized spacial score (nSPS) is 20.4. The molecule has 1 aliphatic rings. The van der Waals surface area contributed by atoms with Crippen LogP contribution in [0.3, 0.4) is 0 Å². The van der Waals surface area contributed by atoms with Crippen LogP contribution < -0.4 is 10.6 Å². The molecule has 14 heavy (non-hydrogen) atoms. The maximum Gasteiger partial charge on any atom is 0.223 e. The zero-order chi connectivity index (χ0) is 10.4. The number of nitrogens with one attached hydrogen (secondary N) is 2. The van der Waals surface area contributed by atoms with Crippen molar-refractivity contribution < 1.29 is 9.90 Å². The molecule has 1 amide bonds. The van der Waals surface area contributed by atoms with Gasteiger partial charge in [-0.1, -0.05) is 6.92 Å². The summed E-state index contributed by atoms with van der Waals surface area (Å²) in [5.41, 5.74) is 0. The van der Waals surface area contributed by atoms with Gasteiger partial charge in [-0.15, -0.1) is 0 Å². The van der Waals surface area contributed by atoms with Crippen LogP contribution in [0.15, 0.2) is 0 Å². The second-order valence-electron chi connectivity index (χ2n) is 3.82. The number of carbonyl (C=O) groups is 1. The summed E-state index contributed by atoms with van der Waals surface area (Å²) >= 11 is 0. The molecule has 82 valence electrons. The Kier molecular flexibility index (Phi) is 4.90. The van der Waals surface area contributed by atoms with E-state index in [0.29, 0.717) is 0 Å². The maximum absolute atomic E-state index is 11.7. The van der Waals surface area contributed by atoms with E-state index in [1.807, 2.05) is 6.92 Å². The molecule has 1 saturated heterocycles. The van der Waals surface area contributed by atoms with Gasteiger partial charge >= 0.3 is 0 Å². The molecule has 3 N–H and O–H groups in total. The van der Waals surface area contributed by atoms with Crippen LogP contribution in [0.25, 0.3) is 0 Å². The minimum atomic E-state index is -0.0719. The predicted molar refractivity (Wildman–Crippen MR) is 54.9 cm³/mol. The lowest BCUT2D eigenvalue weighted by molar-refractivity contribution is -0.126. The second-order valence-corrected chi connectivity index (χ2v) is 3.82. The Hall–Kier alpha value is -0.610. The van der Waals surface area contributed by atoms with Crippen LogP contribution >= 0.6 is 0 Å². The Labute approximate surface area is 85.1 Å². The highest BCUT2D eigenvalue weighted by Crippen LogP contribution is 2.11. The van der Waals surface area contributed by atoms with Gasteiger partial charge in [-0.3, -0.25) is 4.79 Å². The zero-order valence-corrected chi connectivity index (χ0v) is 8.75. The molecule has 0 aromatic carbocycles. The largest absolute Gasteiger partial charge is 0.394 e. The fraction of sp³-hybridized carbons (Fsp3) is 0.900. The Balaban J connectivity index is 2.32. The third-order valence-electron chi connectivity index (χ3n) is 2.77. The number of rotatable bonds is 4. The minimum absolute atomic E-state index is 0.0349. The van der Waals surface area contributed by atoms with E-state index in [1.54, 1.807) is 0 Å². The molecular weight excluding hydrogens is 180 g/mol. The monoisotopic (exact) mass is 200 g/mol. The quantitative estimate of drug-likeness (QED) is 0.592. The molecule has 1 unspecified atom stereocenters. The van der Waals surface area contributed by atoms with Crippen molar-refractivity contribution in [3.05, 3.63) is 0 Å². The lowest BCUT2D eigenvalue weighted by atomic mass is 9.97. The fourth-order valence-corrected chi connectivity index (χ4v) is 1.68. The Morgan fingerprint density at radius 3 is 2.71 bits per heavy atom. The van der Waals surface area contributed by atoms with E-state index >= 15 is 0 Å². The molecule has 0 radical (unpaired) electrons. The van der Waals surface area contributed by atoms with Crippen LogP contribution in [0.2, 0.25) is 0 Å². The minimum Gasteiger partial charge on any atom is -0.394 e. The predicted octanol–water partition coefficient (Wildman–Crippen LogP) is -0.127. The van der Waals surface area contributed by atoms with Crippen molar-refractivity contribution >= 4 is 5.91 Å². The summed E-state index contributed by atoms with van der Waals surface area (Å²) in [5.74, 6) is 0.240. The molecule has 1 atom stereocenters. The number of amides is 1. The number of aliphatic hydroxyl groups is 1. The van der Waals surface area contributed by atoms with Gasteiger partial charge in [0.05, 0.1) is 12.6 Å². The number of hydrogen-bond acceptors (Lipinski definition) is 3. The molecule has 0 spiro atoms. The number of hydrogen-bond donors (Lipinski definition) is 3. The SMILES string of the molecule is CCC(CO)NC(=O)C1CCNCC1. The molecule has 0 aromatic rings. The summed E-state index contributed by atoms with van der Waals surface area (Å²) in [7, 11) is 0. The molecule has 1 fully saturated rings. The van der Waals surface area contributed by atoms with Crippen LogP contribution in [0.5, 0.6) is 0 Å². The third-order valence-corrected chi connectivity index (χ3v) is 2.77. The van der Waals surface area contributed by atoms with Gasteiger partial charge in [-0.05, 0) is 32.4 Å². The molecule has 0 aliphatic carbocycles. The van der Waals surface area contributed by atoms with Crippen molar-refractivity contribution in [2.24, 2.45) is 5.92 Å². The Morgan fingerprint density at radius 2 is 2.21 bits per heavy atom. The van der Waals surface area contributed by atoms with Crippen LogP contribution in [0, 0.1) is 5.92 Å². The van der Waals surface area contributed by atoms with E-state index < -0.39 is 0 Å². The van der Waals surface area contributed by atoms with Gasteiger partial charge in [0.25, 0.3) is 0 Å². The highest BCUT2D eigenvalue weighted by Gasteiger charge is 2.22. The molecule has 1 heterocycles. The lowest BCUT2D eigenvalue weighted by Crippen LogP contribution is -2.43. The van der Waals surface area contributed by atoms with Gasteiger partial charge in [0, 0.05) is 5.92 Å². The summed E-state index contributed by atoms with van der Waals surface area (Å²) < 4.78 is 0. The van der Waals surface area contributed by atoms with Crippen LogP contribution in [0.1, 0.15) is 26.2 Å². The molecule has 4 nitrogen and oxygen atoms in total. The Bertz CT molecular complexity index is 175. The summed E-state index contributed by atoms with van der Waals surface area (Å²) in [6.45, 7) is 3.85. The first-order valence-electron chi connectivity index (χ1n) is 5.39. The van der Waals surface area contributed by atoms with Crippen molar-refractivity contribution in [2.45, 2.75) is 32.2 Å². The second kappa shape index (κ2) is 5.98. The van der Waals surface area contributed by atoms with Crippen molar-refractivity contribution in [1.29, 1.82) is 0 Å². The highest BCUT2D eigenvalue weighted by atomic mass is 16.3. The van der Waals surface area contributed by atoms with Crippen LogP contribution in [-0.2, 0) is 4.79 Å². The van der Waals surface area contributed by atoms with Gasteiger partial charge < -0.3 is 15.7 Å². The number of piperidine rings is 1. The summed E-state index contributed by atoms with van der Waals surface area (Å²) in [6, 6.07) is -0.0719. The number of aliphatic hydroxyl groups excluding tert-OH is 1. The summed E-state index contributed by atoms with van der Waals surface area (Å²) in [4.78, 5) is 11.7. The van der Waals surface area contributed by atoms with E-state index in [4.69, 9.17) is 5.11 Å². The first-order valence-corrected chi connectivity index (χ1v) is 5.39. The van der Waals surface area contributed by atoms with E-state index in [9.17, 15) is 4.79 Å². The lowest BCUT2D eigenvalue weighted by Gasteiger charge is -2.24. The summed E-state index contributed by atoms with van der Waals surface area (Å²) in [6.07, 6.45) is 2.61. The van der Waals surface area contributed by atoms with Crippen molar-refractivity contribution in [1.82, 2.24) is 10.6 Å². The smallest absolute Gasteiger partial charge is 0.223 e. The van der Waals surface area contributed by atoms with Crippen LogP contribution in [0.4, 0.5) is 0 Å². The van der Waals surface area contributed by atoms with Gasteiger partial charge in [0.2, 0.25) is 5.91 Å². The number of carbonyl (C=O) groups excluding carboxylic acids is 1. The molecule has 1 aliphatic heterocycles. The van der Waals surface area contributed by atoms with Crippen molar-refractivity contribution in [3.8, 4) is 0 Å². The summed E-state index contributed by atoms with van der Waals surface area (Å²) in [5, 5.41) is 15.0. The average Bonchev–Trinajstić information content (AvgIpc) is 2.26. The standard InChI is InChI=1S/C10H20N2O2/c1-2-9(7-13)12-10(14)8-3-5-11-6-4-8/h8-9,11,13H,2-7H2,1H3,(H,12,14). The van der Waals surface area contributed by atoms with E-state index in [0.717, 1.165) is 32.4 Å². The third kappa shape index (κ3) is 3.27. The van der Waals surface area contributed by atoms with E-state index in [-0.39, 0.29) is 24.5 Å². The zero-order valence-electron chi connectivity index (χ0n) is 8.75. The molecule has 0 bridgehead atoms. The Morgan fingerprint density at radius 1 is 1.57 bits per heavy atom. The van der Waals surface area contributed by atoms with E-state index in [2.05, 4.69) is 10.6 Å². The first kappa shape index (κ1) is 11.5. The van der Waals surface area contributed by atoms with Crippen molar-refractivity contribution in [2.75, 3.05) is 19.7 Å². The van der Waals surface area contributed by atoms with Crippen molar-refractivity contribution in [3.63, 3.8) is 0 Å². The topological polar surface area (TPSA) is 61.4 Å². The highest BCUT2D eigenvalue weighted by molar-refractivity contribution is 5.79. The van der Waals surface area contributed by atoms with Gasteiger partial charge in [-0.2, -0.15) is 0 Å². The van der Waals surface area contributed by atoms with E-state index in [1.165, 1.54) is 0 Å². The van der Waals surface area contributed by atoms with Gasteiger partial charge in [0.15, 0.2) is 0 Å². The molecule has 4 heteroatoms. The van der Waals surface area contributed by atoms with Gasteiger partial charge in [0.1, 0.15) is 0 Å². The van der Waals surface area contributed by atoms with Gasteiger partial charge in [-0.25, -0.2) is 0 Å². The van der Waals surface area contributed by atoms with Crippen LogP contribution in [-0.4, -0.2) is 36.8 Å². The molecular formula is C10H20N2O2. The molecule has 1 rings (SSSR count). The fourth-order valence-electron chi connectivity index (χ4n) is 1.68. The molecule has 0 aromatic heterocycles.